The van der Waals surface area contributed by atoms with Crippen molar-refractivity contribution in [2.45, 2.75) is 0 Å². The SMILES string of the molecule is [NH]CC1=NCCN1. The average molecular weight is 98.1 g/mol. The molecule has 0 aliphatic carbocycles. The van der Waals surface area contributed by atoms with E-state index in [1.807, 2.05) is 0 Å². The molecule has 0 amide bonds. The molecule has 1 aliphatic rings. The molecule has 3 nitrogen and oxygen atoms in total. The minimum Gasteiger partial charge on any atom is -0.371 e. The average Bonchev–Trinajstić information content (AvgIpc) is 2.14. The highest BCUT2D eigenvalue weighted by Crippen LogP contribution is 1.80. The van der Waals surface area contributed by atoms with E-state index in [-0.39, 0.29) is 0 Å². The van der Waals surface area contributed by atoms with Gasteiger partial charge in [0.2, 0.25) is 0 Å². The standard InChI is InChI=1S/C4H8N3/c5-3-4-6-1-2-7-4/h5H,1-3H2,(H,6,7). The summed E-state index contributed by atoms with van der Waals surface area (Å²) in [5.41, 5.74) is 6.81. The monoisotopic (exact) mass is 98.1 g/mol. The highest BCUT2D eigenvalue weighted by molar-refractivity contribution is 5.85. The van der Waals surface area contributed by atoms with Crippen molar-refractivity contribution in [2.75, 3.05) is 19.6 Å². The van der Waals surface area contributed by atoms with Crippen LogP contribution in [0.4, 0.5) is 0 Å². The van der Waals surface area contributed by atoms with Crippen LogP contribution in [0, 0.1) is 0 Å². The second-order valence-electron chi connectivity index (χ2n) is 1.43. The number of aliphatic imine (C=N–C) groups is 1. The molecule has 0 saturated heterocycles. The van der Waals surface area contributed by atoms with Crippen LogP contribution in [0.5, 0.6) is 0 Å². The van der Waals surface area contributed by atoms with Crippen molar-refractivity contribution < 1.29 is 0 Å². The molecule has 1 aliphatic heterocycles. The van der Waals surface area contributed by atoms with Gasteiger partial charge in [0.25, 0.3) is 0 Å². The van der Waals surface area contributed by atoms with Crippen LogP contribution in [0.2, 0.25) is 0 Å². The zero-order valence-corrected chi connectivity index (χ0v) is 4.07. The van der Waals surface area contributed by atoms with Crippen molar-refractivity contribution in [1.29, 1.82) is 0 Å². The Hall–Kier alpha value is -0.570. The number of nitrogens with one attached hydrogen (secondary N) is 2. The van der Waals surface area contributed by atoms with E-state index in [0.717, 1.165) is 18.9 Å². The molecule has 0 saturated carbocycles. The molecule has 0 unspecified atom stereocenters. The minimum absolute atomic E-state index is 0.306. The van der Waals surface area contributed by atoms with Crippen molar-refractivity contribution in [2.24, 2.45) is 4.99 Å². The first-order valence-electron chi connectivity index (χ1n) is 2.35. The summed E-state index contributed by atoms with van der Waals surface area (Å²) in [4.78, 5) is 3.97. The van der Waals surface area contributed by atoms with Crippen LogP contribution < -0.4 is 11.1 Å². The molecular formula is C4H8N3. The molecule has 0 aromatic heterocycles. The number of amidine groups is 1. The lowest BCUT2D eigenvalue weighted by atomic mass is 10.6. The predicted octanol–water partition coefficient (Wildman–Crippen LogP) is -0.729. The molecule has 3 heteroatoms. The van der Waals surface area contributed by atoms with Crippen LogP contribution >= 0.6 is 0 Å². The Labute approximate surface area is 42.6 Å². The molecule has 1 heterocycles. The van der Waals surface area contributed by atoms with E-state index in [1.165, 1.54) is 0 Å². The van der Waals surface area contributed by atoms with Gasteiger partial charge in [-0.05, 0) is 0 Å². The van der Waals surface area contributed by atoms with Gasteiger partial charge in [0, 0.05) is 6.54 Å². The Morgan fingerprint density at radius 2 is 2.71 bits per heavy atom. The maximum Gasteiger partial charge on any atom is 0.112 e. The quantitative estimate of drug-likeness (QED) is 0.462. The van der Waals surface area contributed by atoms with Crippen LogP contribution in [-0.4, -0.2) is 25.5 Å². The van der Waals surface area contributed by atoms with Crippen LogP contribution in [0.15, 0.2) is 4.99 Å². The van der Waals surface area contributed by atoms with E-state index in [2.05, 4.69) is 10.3 Å². The van der Waals surface area contributed by atoms with Crippen LogP contribution in [0.3, 0.4) is 0 Å². The molecule has 0 aromatic carbocycles. The topological polar surface area (TPSA) is 48.2 Å². The summed E-state index contributed by atoms with van der Waals surface area (Å²) in [5.74, 6) is 0.833. The maximum absolute atomic E-state index is 6.81. The van der Waals surface area contributed by atoms with Gasteiger partial charge in [0.15, 0.2) is 0 Å². The van der Waals surface area contributed by atoms with Gasteiger partial charge in [-0.1, -0.05) is 0 Å². The molecule has 1 rings (SSSR count). The summed E-state index contributed by atoms with van der Waals surface area (Å²) in [6, 6.07) is 0. The van der Waals surface area contributed by atoms with E-state index in [1.54, 1.807) is 0 Å². The molecular weight excluding hydrogens is 90.1 g/mol. The maximum atomic E-state index is 6.81. The molecule has 0 atom stereocenters. The lowest BCUT2D eigenvalue weighted by molar-refractivity contribution is 0.952. The number of nitrogens with zero attached hydrogens (tertiary/aromatic N) is 1. The number of hydrogen-bond donors (Lipinski definition) is 1. The summed E-state index contributed by atoms with van der Waals surface area (Å²) in [5, 5.41) is 2.97. The summed E-state index contributed by atoms with van der Waals surface area (Å²) < 4.78 is 0. The fourth-order valence-electron chi connectivity index (χ4n) is 0.565. The second kappa shape index (κ2) is 1.93. The van der Waals surface area contributed by atoms with E-state index in [0.29, 0.717) is 6.54 Å². The smallest absolute Gasteiger partial charge is 0.112 e. The van der Waals surface area contributed by atoms with E-state index in [4.69, 9.17) is 5.73 Å². The number of hydrogen-bond acceptors (Lipinski definition) is 2. The van der Waals surface area contributed by atoms with Gasteiger partial charge in [-0.15, -0.1) is 0 Å². The van der Waals surface area contributed by atoms with Gasteiger partial charge in [0.05, 0.1) is 13.1 Å². The summed E-state index contributed by atoms with van der Waals surface area (Å²) >= 11 is 0. The molecule has 7 heavy (non-hydrogen) atoms. The van der Waals surface area contributed by atoms with Crippen LogP contribution in [-0.2, 0) is 0 Å². The lowest BCUT2D eigenvalue weighted by Gasteiger charge is -1.91. The van der Waals surface area contributed by atoms with E-state index < -0.39 is 0 Å². The van der Waals surface area contributed by atoms with E-state index >= 15 is 0 Å². The Kier molecular flexibility index (Phi) is 1.26. The van der Waals surface area contributed by atoms with Crippen molar-refractivity contribution in [1.82, 2.24) is 11.1 Å². The summed E-state index contributed by atoms with van der Waals surface area (Å²) in [7, 11) is 0. The van der Waals surface area contributed by atoms with Crippen molar-refractivity contribution in [3.05, 3.63) is 0 Å². The highest BCUT2D eigenvalue weighted by Gasteiger charge is 1.99. The Bertz CT molecular complexity index is 86.9. The van der Waals surface area contributed by atoms with Gasteiger partial charge in [-0.3, -0.25) is 4.99 Å². The third-order valence-electron chi connectivity index (χ3n) is 0.911. The molecule has 0 bridgehead atoms. The highest BCUT2D eigenvalue weighted by atomic mass is 15.1. The third kappa shape index (κ3) is 0.899. The Balaban J connectivity index is 2.36. The van der Waals surface area contributed by atoms with Crippen molar-refractivity contribution in [3.8, 4) is 0 Å². The molecule has 2 N–H and O–H groups in total. The Morgan fingerprint density at radius 1 is 1.86 bits per heavy atom. The number of rotatable bonds is 1. The lowest BCUT2D eigenvalue weighted by Crippen LogP contribution is -2.22. The van der Waals surface area contributed by atoms with Gasteiger partial charge in [0.1, 0.15) is 5.84 Å². The molecule has 39 valence electrons. The molecule has 0 aromatic rings. The molecule has 0 fully saturated rings. The molecule has 0 spiro atoms. The summed E-state index contributed by atoms with van der Waals surface area (Å²) in [6.45, 7) is 2.09. The van der Waals surface area contributed by atoms with Gasteiger partial charge in [-0.25, -0.2) is 5.73 Å². The second-order valence-corrected chi connectivity index (χ2v) is 1.43. The van der Waals surface area contributed by atoms with Crippen molar-refractivity contribution in [3.63, 3.8) is 0 Å². The first-order valence-corrected chi connectivity index (χ1v) is 2.35. The molecule has 1 radical (unpaired) electrons. The zero-order chi connectivity index (χ0) is 5.11. The van der Waals surface area contributed by atoms with Crippen molar-refractivity contribution >= 4 is 5.84 Å². The van der Waals surface area contributed by atoms with Crippen LogP contribution in [0.25, 0.3) is 0 Å². The third-order valence-corrected chi connectivity index (χ3v) is 0.911. The first-order chi connectivity index (χ1) is 3.43. The van der Waals surface area contributed by atoms with Gasteiger partial charge < -0.3 is 5.32 Å². The zero-order valence-electron chi connectivity index (χ0n) is 4.07. The Morgan fingerprint density at radius 3 is 3.00 bits per heavy atom. The predicted molar refractivity (Wildman–Crippen MR) is 28.3 cm³/mol. The van der Waals surface area contributed by atoms with Gasteiger partial charge >= 0.3 is 0 Å². The normalized spacial score (nSPS) is 18.7. The fourth-order valence-corrected chi connectivity index (χ4v) is 0.565. The fraction of sp³-hybridized carbons (Fsp3) is 0.750. The minimum atomic E-state index is 0.306. The first kappa shape index (κ1) is 4.59. The van der Waals surface area contributed by atoms with Gasteiger partial charge in [-0.2, -0.15) is 0 Å². The van der Waals surface area contributed by atoms with Crippen LogP contribution in [0.1, 0.15) is 0 Å². The van der Waals surface area contributed by atoms with E-state index in [9.17, 15) is 0 Å². The largest absolute Gasteiger partial charge is 0.371 e. The summed E-state index contributed by atoms with van der Waals surface area (Å²) in [6.07, 6.45) is 0.